The van der Waals surface area contributed by atoms with E-state index in [9.17, 15) is 27.9 Å². The summed E-state index contributed by atoms with van der Waals surface area (Å²) in [4.78, 5) is 43.0. The van der Waals surface area contributed by atoms with Crippen molar-refractivity contribution in [2.45, 2.75) is 89.8 Å². The molecule has 2 amide bonds. The van der Waals surface area contributed by atoms with Crippen LogP contribution >= 0.6 is 0 Å². The monoisotopic (exact) mass is 573 g/mol. The van der Waals surface area contributed by atoms with Crippen molar-refractivity contribution in [1.82, 2.24) is 24.9 Å². The van der Waals surface area contributed by atoms with E-state index >= 15 is 0 Å². The number of hydrogen-bond donors (Lipinski definition) is 4. The number of unbranched alkanes of at least 4 members (excludes halogenated alkanes) is 1. The van der Waals surface area contributed by atoms with Crippen LogP contribution in [0.25, 0.3) is 0 Å². The van der Waals surface area contributed by atoms with Crippen LogP contribution in [-0.4, -0.2) is 72.7 Å². The number of carbonyl (C=O) groups is 3. The Morgan fingerprint density at radius 2 is 1.74 bits per heavy atom. The molecule has 13 heteroatoms. The Morgan fingerprint density at radius 1 is 1.08 bits per heavy atom. The Morgan fingerprint density at radius 3 is 2.26 bits per heavy atom. The van der Waals surface area contributed by atoms with Gasteiger partial charge in [-0.3, -0.25) is 14.4 Å². The van der Waals surface area contributed by atoms with E-state index in [1.165, 1.54) is 24.1 Å². The van der Waals surface area contributed by atoms with Crippen LogP contribution in [0.5, 0.6) is 0 Å². The second kappa shape index (κ2) is 15.9. The van der Waals surface area contributed by atoms with Gasteiger partial charge in [-0.25, -0.2) is 18.1 Å². The van der Waals surface area contributed by atoms with E-state index in [-0.39, 0.29) is 42.8 Å². The second-order valence-electron chi connectivity index (χ2n) is 11.2. The van der Waals surface area contributed by atoms with E-state index in [1.807, 2.05) is 13.8 Å². The van der Waals surface area contributed by atoms with Gasteiger partial charge in [-0.15, -0.1) is 0 Å². The van der Waals surface area contributed by atoms with E-state index in [0.29, 0.717) is 25.7 Å². The predicted octanol–water partition coefficient (Wildman–Crippen LogP) is 1.49. The molecule has 0 unspecified atom stereocenters. The van der Waals surface area contributed by atoms with Crippen LogP contribution in [0.3, 0.4) is 0 Å². The summed E-state index contributed by atoms with van der Waals surface area (Å²) in [5.74, 6) is -2.75. The van der Waals surface area contributed by atoms with Gasteiger partial charge in [0.1, 0.15) is 11.6 Å². The minimum Gasteiger partial charge on any atom is -0.460 e. The van der Waals surface area contributed by atoms with E-state index in [4.69, 9.17) is 4.74 Å². The summed E-state index contributed by atoms with van der Waals surface area (Å²) in [5.41, 5.74) is -0.740. The summed E-state index contributed by atoms with van der Waals surface area (Å²) in [7, 11) is -0.589. The third-order valence-corrected chi connectivity index (χ3v) is 7.32. The number of nitrogens with zero attached hydrogens (tertiary/aromatic N) is 2. The average molecular weight is 574 g/mol. The van der Waals surface area contributed by atoms with Gasteiger partial charge in [0.05, 0.1) is 18.2 Å². The van der Waals surface area contributed by atoms with Gasteiger partial charge in [0.25, 0.3) is 10.0 Å². The fourth-order valence-electron chi connectivity index (χ4n) is 4.14. The summed E-state index contributed by atoms with van der Waals surface area (Å²) in [6.07, 6.45) is 4.97. The maximum Gasteiger partial charge on any atom is 0.310 e. The number of esters is 1. The number of aryl methyl sites for hydroxylation is 1. The maximum absolute atomic E-state index is 13.5. The molecule has 0 bridgehead atoms. The van der Waals surface area contributed by atoms with Crippen LogP contribution in [0.4, 0.5) is 0 Å². The Labute approximate surface area is 232 Å². The summed E-state index contributed by atoms with van der Waals surface area (Å²) in [6.45, 7) is 9.17. The number of imidazole rings is 1. The molecule has 1 rings (SSSR count). The van der Waals surface area contributed by atoms with Crippen molar-refractivity contribution in [3.05, 3.63) is 12.5 Å². The molecular formula is C26H47N5O7S. The van der Waals surface area contributed by atoms with Crippen LogP contribution < -0.4 is 15.4 Å². The molecule has 0 aliphatic heterocycles. The molecule has 224 valence electrons. The zero-order chi connectivity index (χ0) is 29.8. The van der Waals surface area contributed by atoms with Crippen molar-refractivity contribution >= 4 is 27.8 Å². The molecule has 0 fully saturated rings. The van der Waals surface area contributed by atoms with Gasteiger partial charge in [0.15, 0.2) is 5.03 Å². The fraction of sp³-hybridized carbons (Fsp3) is 0.769. The van der Waals surface area contributed by atoms with Crippen molar-refractivity contribution in [2.24, 2.45) is 24.8 Å². The summed E-state index contributed by atoms with van der Waals surface area (Å²) in [6, 6.07) is -0.860. The average Bonchev–Trinajstić information content (AvgIpc) is 3.27. The topological polar surface area (TPSA) is 169 Å². The summed E-state index contributed by atoms with van der Waals surface area (Å²) < 4.78 is 34.3. The zero-order valence-corrected chi connectivity index (χ0v) is 25.1. The number of aliphatic hydroxyl groups excluding tert-OH is 1. The lowest BCUT2D eigenvalue weighted by Crippen LogP contribution is -2.50. The fourth-order valence-corrected chi connectivity index (χ4v) is 5.19. The Balaban J connectivity index is 2.91. The first kappa shape index (κ1) is 34.5. The first-order valence-electron chi connectivity index (χ1n) is 13.4. The van der Waals surface area contributed by atoms with Crippen LogP contribution in [0.1, 0.15) is 73.1 Å². The van der Waals surface area contributed by atoms with E-state index < -0.39 is 45.4 Å². The molecule has 0 radical (unpaired) electrons. The molecule has 0 aliphatic rings. The van der Waals surface area contributed by atoms with E-state index in [1.54, 1.807) is 27.8 Å². The molecule has 1 aromatic rings. The molecule has 0 saturated carbocycles. The molecule has 12 nitrogen and oxygen atoms in total. The zero-order valence-electron chi connectivity index (χ0n) is 24.3. The lowest BCUT2D eigenvalue weighted by atomic mass is 9.81. The van der Waals surface area contributed by atoms with Gasteiger partial charge in [0, 0.05) is 33.4 Å². The lowest BCUT2D eigenvalue weighted by molar-refractivity contribution is -0.164. The van der Waals surface area contributed by atoms with Crippen molar-refractivity contribution in [2.75, 3.05) is 20.2 Å². The number of nitrogens with one attached hydrogen (secondary N) is 3. The van der Waals surface area contributed by atoms with Gasteiger partial charge in [-0.2, -0.15) is 0 Å². The molecular weight excluding hydrogens is 526 g/mol. The number of aromatic nitrogens is 2. The quantitative estimate of drug-likeness (QED) is 0.161. The summed E-state index contributed by atoms with van der Waals surface area (Å²) in [5, 5.41) is 14.7. The Kier molecular flexibility index (Phi) is 14.1. The smallest absolute Gasteiger partial charge is 0.310 e. The Bertz CT molecular complexity index is 1030. The van der Waals surface area contributed by atoms with Gasteiger partial charge in [-0.05, 0) is 65.2 Å². The molecule has 39 heavy (non-hydrogen) atoms. The van der Waals surface area contributed by atoms with E-state index in [0.717, 1.165) is 0 Å². The SMILES string of the molecule is CNC(=O)[C@H](CCCCNS(=O)(=O)c1cn(C)cn1)NC(=O)[C@H](CC(C)C)[C@H](CCCO)C(=O)OC(C)(C)C. The molecule has 0 saturated heterocycles. The first-order valence-corrected chi connectivity index (χ1v) is 14.9. The molecule has 0 spiro atoms. The van der Waals surface area contributed by atoms with Crippen LogP contribution in [0, 0.1) is 17.8 Å². The van der Waals surface area contributed by atoms with Crippen LogP contribution in [0.15, 0.2) is 17.6 Å². The number of amides is 2. The standard InChI is InChI=1S/C26H47N5O7S/c1-18(2)15-20(19(11-10-14-32)25(35)38-26(3,4)5)23(33)30-21(24(34)27-6)12-8-9-13-29-39(36,37)22-16-31(7)17-28-22/h16-21,29,32H,8-15H2,1-7H3,(H,27,34)(H,30,33)/t19-,20+,21-/m0/s1. The van der Waals surface area contributed by atoms with Crippen LogP contribution in [0.2, 0.25) is 0 Å². The number of sulfonamides is 1. The number of carbonyl (C=O) groups excluding carboxylic acids is 3. The maximum atomic E-state index is 13.5. The van der Waals surface area contributed by atoms with Crippen molar-refractivity contribution in [3.8, 4) is 0 Å². The number of hydrogen-bond acceptors (Lipinski definition) is 8. The first-order chi connectivity index (χ1) is 18.1. The lowest BCUT2D eigenvalue weighted by Gasteiger charge is -2.30. The van der Waals surface area contributed by atoms with Gasteiger partial charge < -0.3 is 25.0 Å². The minimum absolute atomic E-state index is 0.0718. The molecule has 3 atom stereocenters. The second-order valence-corrected chi connectivity index (χ2v) is 12.9. The number of ether oxygens (including phenoxy) is 1. The highest BCUT2D eigenvalue weighted by Gasteiger charge is 2.37. The van der Waals surface area contributed by atoms with Gasteiger partial charge in [0.2, 0.25) is 11.8 Å². The third kappa shape index (κ3) is 12.5. The number of aliphatic hydroxyl groups is 1. The highest BCUT2D eigenvalue weighted by molar-refractivity contribution is 7.89. The highest BCUT2D eigenvalue weighted by Crippen LogP contribution is 2.28. The molecule has 4 N–H and O–H groups in total. The molecule has 1 heterocycles. The molecule has 0 aromatic carbocycles. The highest BCUT2D eigenvalue weighted by atomic mass is 32.2. The third-order valence-electron chi connectivity index (χ3n) is 5.98. The van der Waals surface area contributed by atoms with Gasteiger partial charge >= 0.3 is 5.97 Å². The normalized spacial score (nSPS) is 14.5. The van der Waals surface area contributed by atoms with Crippen LogP contribution in [-0.2, 0) is 36.2 Å². The Hall–Kier alpha value is -2.51. The van der Waals surface area contributed by atoms with Crippen molar-refractivity contribution in [1.29, 1.82) is 0 Å². The number of likely N-dealkylation sites (N-methyl/N-ethyl adjacent to an activating group) is 1. The minimum atomic E-state index is -3.73. The summed E-state index contributed by atoms with van der Waals surface area (Å²) >= 11 is 0. The van der Waals surface area contributed by atoms with Gasteiger partial charge in [-0.1, -0.05) is 13.8 Å². The van der Waals surface area contributed by atoms with Crippen molar-refractivity contribution < 1.29 is 32.6 Å². The van der Waals surface area contributed by atoms with E-state index in [2.05, 4.69) is 20.3 Å². The molecule has 1 aromatic heterocycles. The predicted molar refractivity (Wildman–Crippen MR) is 147 cm³/mol. The van der Waals surface area contributed by atoms with Crippen molar-refractivity contribution in [3.63, 3.8) is 0 Å². The molecule has 0 aliphatic carbocycles. The number of rotatable bonds is 17. The largest absolute Gasteiger partial charge is 0.460 e.